The molecule has 1 aromatic carbocycles. The van der Waals surface area contributed by atoms with Crippen molar-refractivity contribution < 1.29 is 9.53 Å². The molecule has 1 heterocycles. The highest BCUT2D eigenvalue weighted by Gasteiger charge is 2.13. The van der Waals surface area contributed by atoms with Gasteiger partial charge in [0.2, 0.25) is 0 Å². The lowest BCUT2D eigenvalue weighted by Gasteiger charge is -2.02. The van der Waals surface area contributed by atoms with Crippen molar-refractivity contribution in [2.24, 2.45) is 0 Å². The number of rotatable bonds is 2. The van der Waals surface area contributed by atoms with E-state index in [9.17, 15) is 4.79 Å². The van der Waals surface area contributed by atoms with E-state index in [1.54, 1.807) is 19.1 Å². The first-order valence-corrected chi connectivity index (χ1v) is 5.95. The van der Waals surface area contributed by atoms with Crippen molar-refractivity contribution in [2.45, 2.75) is 6.92 Å². The molecule has 0 saturated heterocycles. The van der Waals surface area contributed by atoms with E-state index in [1.165, 1.54) is 0 Å². The maximum absolute atomic E-state index is 11.4. The van der Waals surface area contributed by atoms with Crippen molar-refractivity contribution in [2.75, 3.05) is 6.61 Å². The number of aromatic nitrogens is 3. The Labute approximate surface area is 110 Å². The van der Waals surface area contributed by atoms with E-state index in [-0.39, 0.29) is 12.4 Å². The van der Waals surface area contributed by atoms with Crippen LogP contribution in [0.15, 0.2) is 16.6 Å². The topological polar surface area (TPSA) is 65.0 Å². The molecule has 0 atom stereocenters. The number of benzene rings is 1. The molecule has 0 aliphatic carbocycles. The molecule has 0 aliphatic rings. The van der Waals surface area contributed by atoms with E-state index in [0.717, 1.165) is 4.47 Å². The van der Waals surface area contributed by atoms with Gasteiger partial charge in [-0.1, -0.05) is 27.5 Å². The van der Waals surface area contributed by atoms with Gasteiger partial charge in [0.25, 0.3) is 5.82 Å². The summed E-state index contributed by atoms with van der Waals surface area (Å²) in [5.74, 6) is -0.675. The highest BCUT2D eigenvalue weighted by molar-refractivity contribution is 9.10. The van der Waals surface area contributed by atoms with Crippen LogP contribution < -0.4 is 0 Å². The second-order valence-electron chi connectivity index (χ2n) is 3.11. The Bertz CT molecular complexity index is 591. The van der Waals surface area contributed by atoms with Crippen molar-refractivity contribution in [1.82, 2.24) is 15.2 Å². The molecule has 0 saturated carbocycles. The van der Waals surface area contributed by atoms with Gasteiger partial charge in [0.15, 0.2) is 0 Å². The number of carbonyl (C=O) groups is 1. The van der Waals surface area contributed by atoms with E-state index >= 15 is 0 Å². The third kappa shape index (κ3) is 2.53. The van der Waals surface area contributed by atoms with Crippen LogP contribution in [0, 0.1) is 0 Å². The summed E-state index contributed by atoms with van der Waals surface area (Å²) in [6.07, 6.45) is 0. The summed E-state index contributed by atoms with van der Waals surface area (Å²) < 4.78 is 5.54. The third-order valence-electron chi connectivity index (χ3n) is 1.94. The molecular formula is C10H7BrClN3O2. The molecule has 17 heavy (non-hydrogen) atoms. The Morgan fingerprint density at radius 2 is 2.24 bits per heavy atom. The van der Waals surface area contributed by atoms with Crippen molar-refractivity contribution in [3.05, 3.63) is 27.5 Å². The largest absolute Gasteiger partial charge is 0.460 e. The van der Waals surface area contributed by atoms with Gasteiger partial charge in [-0.2, -0.15) is 0 Å². The molecule has 0 unspecified atom stereocenters. The first kappa shape index (κ1) is 12.2. The highest BCUT2D eigenvalue weighted by Crippen LogP contribution is 2.24. The molecule has 1 aromatic heterocycles. The minimum atomic E-state index is -0.599. The van der Waals surface area contributed by atoms with Crippen LogP contribution >= 0.6 is 27.5 Å². The van der Waals surface area contributed by atoms with E-state index in [2.05, 4.69) is 31.1 Å². The average Bonchev–Trinajstić information content (AvgIpc) is 2.28. The smallest absolute Gasteiger partial charge is 0.378 e. The molecule has 0 spiro atoms. The summed E-state index contributed by atoms with van der Waals surface area (Å²) in [5, 5.41) is 7.96. The molecule has 0 radical (unpaired) electrons. The lowest BCUT2D eigenvalue weighted by molar-refractivity contribution is 0.0511. The first-order valence-electron chi connectivity index (χ1n) is 4.78. The Balaban J connectivity index is 2.54. The van der Waals surface area contributed by atoms with Crippen LogP contribution in [0.1, 0.15) is 17.5 Å². The summed E-state index contributed by atoms with van der Waals surface area (Å²) >= 11 is 9.25. The monoisotopic (exact) mass is 315 g/mol. The molecule has 0 aliphatic heterocycles. The lowest BCUT2D eigenvalue weighted by Crippen LogP contribution is -2.10. The fraction of sp³-hybridized carbons (Fsp3) is 0.200. The standard InChI is InChI=1S/C10H7BrClN3O2/c1-2-17-10(16)9-13-7-4-5(11)3-6(12)8(7)14-15-9/h3-4H,2H2,1H3. The van der Waals surface area contributed by atoms with E-state index in [4.69, 9.17) is 16.3 Å². The quantitative estimate of drug-likeness (QED) is 0.797. The zero-order valence-corrected chi connectivity index (χ0v) is 11.1. The predicted octanol–water partition coefficient (Wildman–Crippen LogP) is 2.62. The summed E-state index contributed by atoms with van der Waals surface area (Å²) in [7, 11) is 0. The number of hydrogen-bond acceptors (Lipinski definition) is 5. The first-order chi connectivity index (χ1) is 8.11. The second-order valence-corrected chi connectivity index (χ2v) is 4.43. The van der Waals surface area contributed by atoms with Gasteiger partial charge in [-0.3, -0.25) is 0 Å². The van der Waals surface area contributed by atoms with Crippen LogP contribution in [-0.2, 0) is 4.74 Å². The fourth-order valence-corrected chi connectivity index (χ4v) is 2.08. The number of hydrogen-bond donors (Lipinski definition) is 0. The molecule has 0 amide bonds. The summed E-state index contributed by atoms with van der Waals surface area (Å²) in [6.45, 7) is 1.97. The maximum atomic E-state index is 11.4. The summed E-state index contributed by atoms with van der Waals surface area (Å²) in [4.78, 5) is 15.5. The number of fused-ring (bicyclic) bond motifs is 1. The minimum Gasteiger partial charge on any atom is -0.460 e. The Morgan fingerprint density at radius 1 is 1.47 bits per heavy atom. The molecule has 2 aromatic rings. The van der Waals surface area contributed by atoms with Crippen LogP contribution in [-0.4, -0.2) is 27.8 Å². The van der Waals surface area contributed by atoms with Crippen molar-refractivity contribution in [3.63, 3.8) is 0 Å². The van der Waals surface area contributed by atoms with E-state index < -0.39 is 5.97 Å². The van der Waals surface area contributed by atoms with Crippen molar-refractivity contribution in [3.8, 4) is 0 Å². The normalized spacial score (nSPS) is 10.5. The average molecular weight is 317 g/mol. The maximum Gasteiger partial charge on any atom is 0.378 e. The Hall–Kier alpha value is -1.27. The Kier molecular flexibility index (Phi) is 3.54. The van der Waals surface area contributed by atoms with Gasteiger partial charge in [-0.25, -0.2) is 9.78 Å². The highest BCUT2D eigenvalue weighted by atomic mass is 79.9. The number of esters is 1. The van der Waals surface area contributed by atoms with E-state index in [1.807, 2.05) is 0 Å². The van der Waals surface area contributed by atoms with Gasteiger partial charge in [0.1, 0.15) is 5.52 Å². The predicted molar refractivity (Wildman–Crippen MR) is 66.0 cm³/mol. The molecule has 0 bridgehead atoms. The van der Waals surface area contributed by atoms with Gasteiger partial charge in [0.05, 0.1) is 17.1 Å². The van der Waals surface area contributed by atoms with Gasteiger partial charge < -0.3 is 4.74 Å². The summed E-state index contributed by atoms with van der Waals surface area (Å²) in [6, 6.07) is 3.39. The molecule has 0 N–H and O–H groups in total. The SMILES string of the molecule is CCOC(=O)c1nnc2c(Cl)cc(Br)cc2n1. The molecule has 5 nitrogen and oxygen atoms in total. The van der Waals surface area contributed by atoms with Gasteiger partial charge in [-0.05, 0) is 19.1 Å². The number of halogens is 2. The molecule has 2 rings (SSSR count). The van der Waals surface area contributed by atoms with Crippen LogP contribution in [0.2, 0.25) is 5.02 Å². The third-order valence-corrected chi connectivity index (χ3v) is 2.68. The number of carbonyl (C=O) groups excluding carboxylic acids is 1. The van der Waals surface area contributed by atoms with Gasteiger partial charge >= 0.3 is 5.97 Å². The minimum absolute atomic E-state index is 0.0754. The molecule has 88 valence electrons. The lowest BCUT2D eigenvalue weighted by atomic mass is 10.3. The van der Waals surface area contributed by atoms with Crippen LogP contribution in [0.25, 0.3) is 11.0 Å². The summed E-state index contributed by atoms with van der Waals surface area (Å²) in [5.41, 5.74) is 0.936. The molecular weight excluding hydrogens is 309 g/mol. The van der Waals surface area contributed by atoms with Crippen LogP contribution in [0.5, 0.6) is 0 Å². The van der Waals surface area contributed by atoms with Crippen LogP contribution in [0.3, 0.4) is 0 Å². The number of ether oxygens (including phenoxy) is 1. The zero-order valence-electron chi connectivity index (χ0n) is 8.78. The van der Waals surface area contributed by atoms with Crippen LogP contribution in [0.4, 0.5) is 0 Å². The zero-order chi connectivity index (χ0) is 12.4. The fourth-order valence-electron chi connectivity index (χ4n) is 1.25. The Morgan fingerprint density at radius 3 is 2.94 bits per heavy atom. The van der Waals surface area contributed by atoms with E-state index in [0.29, 0.717) is 16.1 Å². The second kappa shape index (κ2) is 4.93. The van der Waals surface area contributed by atoms with Gasteiger partial charge in [0, 0.05) is 4.47 Å². The molecule has 0 fully saturated rings. The molecule has 7 heteroatoms. The van der Waals surface area contributed by atoms with Gasteiger partial charge in [-0.15, -0.1) is 10.2 Å². The van der Waals surface area contributed by atoms with Crippen molar-refractivity contribution >= 4 is 44.5 Å². The van der Waals surface area contributed by atoms with Crippen molar-refractivity contribution in [1.29, 1.82) is 0 Å². The number of nitrogens with zero attached hydrogens (tertiary/aromatic N) is 3.